The number of carbonyl (C=O) groups is 1. The van der Waals surface area contributed by atoms with Gasteiger partial charge in [0.2, 0.25) is 5.91 Å². The molecule has 0 saturated carbocycles. The lowest BCUT2D eigenvalue weighted by Gasteiger charge is -2.36. The quantitative estimate of drug-likeness (QED) is 0.531. The summed E-state index contributed by atoms with van der Waals surface area (Å²) in [4.78, 5) is 15.0. The molecule has 0 radical (unpaired) electrons. The molecule has 1 atom stereocenters. The fourth-order valence-electron chi connectivity index (χ4n) is 2.49. The topological polar surface area (TPSA) is 20.3 Å². The van der Waals surface area contributed by atoms with Gasteiger partial charge >= 0.3 is 0 Å². The molecular formula is C19H30ClNO. The van der Waals surface area contributed by atoms with E-state index in [0.717, 1.165) is 24.9 Å². The number of anilines is 1. The third-order valence-electron chi connectivity index (χ3n) is 4.43. The van der Waals surface area contributed by atoms with Crippen molar-refractivity contribution in [2.75, 3.05) is 4.90 Å². The lowest BCUT2D eigenvalue weighted by atomic mass is 9.87. The lowest BCUT2D eigenvalue weighted by molar-refractivity contribution is -0.127. The second-order valence-corrected chi connectivity index (χ2v) is 7.17. The van der Waals surface area contributed by atoms with E-state index in [1.165, 1.54) is 12.8 Å². The van der Waals surface area contributed by atoms with Gasteiger partial charge in [0.05, 0.1) is 0 Å². The van der Waals surface area contributed by atoms with Crippen LogP contribution in [0.5, 0.6) is 0 Å². The number of benzene rings is 1. The third-order valence-corrected chi connectivity index (χ3v) is 4.67. The normalized spacial score (nSPS) is 13.0. The third kappa shape index (κ3) is 5.01. The number of nitrogens with zero attached hydrogens (tertiary/aromatic N) is 1. The molecule has 0 aliphatic rings. The van der Waals surface area contributed by atoms with Gasteiger partial charge in [-0.05, 0) is 38.0 Å². The molecule has 0 spiro atoms. The zero-order chi connectivity index (χ0) is 16.8. The lowest BCUT2D eigenvalue weighted by Crippen LogP contribution is -2.46. The van der Waals surface area contributed by atoms with Crippen molar-refractivity contribution in [1.29, 1.82) is 0 Å². The molecule has 0 fully saturated rings. The Labute approximate surface area is 140 Å². The van der Waals surface area contributed by atoms with Crippen LogP contribution in [-0.2, 0) is 4.79 Å². The van der Waals surface area contributed by atoms with Gasteiger partial charge in [-0.1, -0.05) is 64.6 Å². The van der Waals surface area contributed by atoms with Gasteiger partial charge in [0, 0.05) is 22.2 Å². The minimum atomic E-state index is -0.360. The van der Waals surface area contributed by atoms with Crippen molar-refractivity contribution in [3.63, 3.8) is 0 Å². The fraction of sp³-hybridized carbons (Fsp3) is 0.632. The molecule has 1 rings (SSSR count). The predicted molar refractivity (Wildman–Crippen MR) is 96.6 cm³/mol. The molecule has 0 heterocycles. The largest absolute Gasteiger partial charge is 0.309 e. The van der Waals surface area contributed by atoms with Crippen LogP contribution in [-0.4, -0.2) is 11.9 Å². The van der Waals surface area contributed by atoms with Crippen LogP contribution in [0.15, 0.2) is 24.3 Å². The number of rotatable bonds is 8. The van der Waals surface area contributed by atoms with E-state index >= 15 is 0 Å². The first-order chi connectivity index (χ1) is 10.3. The SMILES string of the molecule is CCCCCC(C)N(C(=O)C(C)(C)CC)c1cccc(Cl)c1. The molecule has 1 unspecified atom stereocenters. The number of unbranched alkanes of at least 4 members (excludes halogenated alkanes) is 2. The van der Waals surface area contributed by atoms with Crippen molar-refractivity contribution in [2.45, 2.75) is 72.8 Å². The maximum absolute atomic E-state index is 13.1. The average Bonchev–Trinajstić information content (AvgIpc) is 2.47. The fourth-order valence-corrected chi connectivity index (χ4v) is 2.68. The van der Waals surface area contributed by atoms with E-state index in [1.54, 1.807) is 0 Å². The van der Waals surface area contributed by atoms with Crippen LogP contribution < -0.4 is 4.90 Å². The minimum absolute atomic E-state index is 0.182. The molecule has 0 saturated heterocycles. The van der Waals surface area contributed by atoms with Gasteiger partial charge in [-0.25, -0.2) is 0 Å². The average molecular weight is 324 g/mol. The monoisotopic (exact) mass is 323 g/mol. The van der Waals surface area contributed by atoms with Crippen LogP contribution in [0.4, 0.5) is 5.69 Å². The number of amides is 1. The Balaban J connectivity index is 3.07. The van der Waals surface area contributed by atoms with E-state index < -0.39 is 0 Å². The maximum Gasteiger partial charge on any atom is 0.232 e. The van der Waals surface area contributed by atoms with Crippen molar-refractivity contribution < 1.29 is 4.79 Å². The summed E-state index contributed by atoms with van der Waals surface area (Å²) in [5.74, 6) is 0.182. The molecule has 3 heteroatoms. The Bertz CT molecular complexity index is 484. The van der Waals surface area contributed by atoms with E-state index in [1.807, 2.05) is 43.0 Å². The predicted octanol–water partition coefficient (Wildman–Crippen LogP) is 6.08. The van der Waals surface area contributed by atoms with Gasteiger partial charge in [0.1, 0.15) is 0 Å². The standard InChI is InChI=1S/C19H30ClNO/c1-6-8-9-11-15(3)21(18(22)19(4,5)7-2)17-13-10-12-16(20)14-17/h10,12-15H,6-9,11H2,1-5H3. The summed E-state index contributed by atoms with van der Waals surface area (Å²) in [6.45, 7) is 10.4. The van der Waals surface area contributed by atoms with E-state index in [2.05, 4.69) is 20.8 Å². The zero-order valence-electron chi connectivity index (χ0n) is 14.7. The van der Waals surface area contributed by atoms with Crippen molar-refractivity contribution in [3.8, 4) is 0 Å². The van der Waals surface area contributed by atoms with E-state index in [-0.39, 0.29) is 17.4 Å². The molecule has 0 bridgehead atoms. The second-order valence-electron chi connectivity index (χ2n) is 6.74. The number of hydrogen-bond acceptors (Lipinski definition) is 1. The Morgan fingerprint density at radius 2 is 1.95 bits per heavy atom. The van der Waals surface area contributed by atoms with E-state index in [4.69, 9.17) is 11.6 Å². The first-order valence-corrected chi connectivity index (χ1v) is 8.80. The molecule has 0 N–H and O–H groups in total. The minimum Gasteiger partial charge on any atom is -0.309 e. The van der Waals surface area contributed by atoms with Crippen LogP contribution in [0, 0.1) is 5.41 Å². The highest BCUT2D eigenvalue weighted by Gasteiger charge is 2.33. The van der Waals surface area contributed by atoms with Crippen LogP contribution in [0.1, 0.15) is 66.7 Å². The smallest absolute Gasteiger partial charge is 0.232 e. The van der Waals surface area contributed by atoms with E-state index in [9.17, 15) is 4.79 Å². The molecule has 124 valence electrons. The van der Waals surface area contributed by atoms with Crippen LogP contribution >= 0.6 is 11.6 Å². The Morgan fingerprint density at radius 1 is 1.27 bits per heavy atom. The molecule has 0 aliphatic carbocycles. The summed E-state index contributed by atoms with van der Waals surface area (Å²) in [5.41, 5.74) is 0.546. The van der Waals surface area contributed by atoms with Crippen molar-refractivity contribution >= 4 is 23.2 Å². The molecule has 1 aromatic rings. The summed E-state index contributed by atoms with van der Waals surface area (Å²) in [6.07, 6.45) is 5.39. The Kier molecular flexibility index (Phi) is 7.41. The van der Waals surface area contributed by atoms with Crippen molar-refractivity contribution in [3.05, 3.63) is 29.3 Å². The summed E-state index contributed by atoms with van der Waals surface area (Å²) < 4.78 is 0. The highest BCUT2D eigenvalue weighted by Crippen LogP contribution is 2.31. The van der Waals surface area contributed by atoms with Gasteiger partial charge in [-0.15, -0.1) is 0 Å². The molecule has 2 nitrogen and oxygen atoms in total. The van der Waals surface area contributed by atoms with Crippen molar-refractivity contribution in [2.24, 2.45) is 5.41 Å². The summed E-state index contributed by atoms with van der Waals surface area (Å²) in [7, 11) is 0. The highest BCUT2D eigenvalue weighted by molar-refractivity contribution is 6.30. The van der Waals surface area contributed by atoms with Gasteiger partial charge in [-0.3, -0.25) is 4.79 Å². The van der Waals surface area contributed by atoms with Crippen molar-refractivity contribution in [1.82, 2.24) is 0 Å². The van der Waals surface area contributed by atoms with Crippen LogP contribution in [0.2, 0.25) is 5.02 Å². The molecular weight excluding hydrogens is 294 g/mol. The van der Waals surface area contributed by atoms with Gasteiger partial charge in [0.15, 0.2) is 0 Å². The number of hydrogen-bond donors (Lipinski definition) is 0. The van der Waals surface area contributed by atoms with Gasteiger partial charge in [-0.2, -0.15) is 0 Å². The molecule has 1 amide bonds. The van der Waals surface area contributed by atoms with Crippen LogP contribution in [0.25, 0.3) is 0 Å². The van der Waals surface area contributed by atoms with Gasteiger partial charge in [0.25, 0.3) is 0 Å². The molecule has 0 aromatic heterocycles. The zero-order valence-corrected chi connectivity index (χ0v) is 15.4. The highest BCUT2D eigenvalue weighted by atomic mass is 35.5. The number of carbonyl (C=O) groups excluding carboxylic acids is 1. The first-order valence-electron chi connectivity index (χ1n) is 8.42. The molecule has 0 aliphatic heterocycles. The summed E-state index contributed by atoms with van der Waals surface area (Å²) in [6, 6.07) is 7.81. The Morgan fingerprint density at radius 3 is 2.50 bits per heavy atom. The van der Waals surface area contributed by atoms with Gasteiger partial charge < -0.3 is 4.90 Å². The summed E-state index contributed by atoms with van der Waals surface area (Å²) in [5, 5.41) is 0.672. The summed E-state index contributed by atoms with van der Waals surface area (Å²) >= 11 is 6.14. The Hall–Kier alpha value is -1.02. The maximum atomic E-state index is 13.1. The van der Waals surface area contributed by atoms with E-state index in [0.29, 0.717) is 5.02 Å². The molecule has 1 aromatic carbocycles. The first kappa shape index (κ1) is 19.0. The molecule has 22 heavy (non-hydrogen) atoms. The second kappa shape index (κ2) is 8.57. The number of halogens is 1. The van der Waals surface area contributed by atoms with Crippen LogP contribution in [0.3, 0.4) is 0 Å².